The third-order valence-electron chi connectivity index (χ3n) is 3.82. The van der Waals surface area contributed by atoms with Crippen molar-refractivity contribution >= 4 is 10.9 Å². The summed E-state index contributed by atoms with van der Waals surface area (Å²) in [6, 6.07) is 10.1. The van der Waals surface area contributed by atoms with E-state index in [-0.39, 0.29) is 22.2 Å². The van der Waals surface area contributed by atoms with Crippen molar-refractivity contribution in [2.24, 2.45) is 0 Å². The van der Waals surface area contributed by atoms with E-state index < -0.39 is 5.82 Å². The second kappa shape index (κ2) is 7.03. The number of rotatable bonds is 5. The molecule has 0 saturated carbocycles. The molecule has 1 N–H and O–H groups in total. The standard InChI is InChI=1S/C19H20FN3O2/c1-12-5-4-6-13(9-12)18-21-15-10-14(20)11-16(17(15)19(24)22-18)25-8-7-23(2)3/h4-6,9-11H,7-8H2,1-3H3,(H,21,22,24). The topological polar surface area (TPSA) is 58.2 Å². The zero-order valence-corrected chi connectivity index (χ0v) is 14.5. The van der Waals surface area contributed by atoms with Crippen LogP contribution in [0.4, 0.5) is 4.39 Å². The van der Waals surface area contributed by atoms with Crippen molar-refractivity contribution in [1.29, 1.82) is 0 Å². The molecule has 0 spiro atoms. The number of fused-ring (bicyclic) bond motifs is 1. The Balaban J connectivity index is 2.08. The van der Waals surface area contributed by atoms with Crippen LogP contribution in [-0.4, -0.2) is 42.1 Å². The maximum Gasteiger partial charge on any atom is 0.262 e. The van der Waals surface area contributed by atoms with Crippen LogP contribution in [0.5, 0.6) is 5.75 Å². The summed E-state index contributed by atoms with van der Waals surface area (Å²) in [5.41, 5.74) is 1.76. The first-order valence-electron chi connectivity index (χ1n) is 8.02. The normalized spacial score (nSPS) is 11.2. The van der Waals surface area contributed by atoms with Crippen LogP contribution >= 0.6 is 0 Å². The molecule has 130 valence electrons. The first kappa shape index (κ1) is 17.1. The Morgan fingerprint density at radius 3 is 2.76 bits per heavy atom. The van der Waals surface area contributed by atoms with Gasteiger partial charge in [-0.2, -0.15) is 0 Å². The summed E-state index contributed by atoms with van der Waals surface area (Å²) in [5.74, 6) is 0.132. The molecule has 3 rings (SSSR count). The van der Waals surface area contributed by atoms with Crippen molar-refractivity contribution in [2.45, 2.75) is 6.92 Å². The molecule has 0 fully saturated rings. The van der Waals surface area contributed by atoms with Gasteiger partial charge < -0.3 is 14.6 Å². The minimum atomic E-state index is -0.486. The lowest BCUT2D eigenvalue weighted by Gasteiger charge is -2.13. The summed E-state index contributed by atoms with van der Waals surface area (Å²) in [6.07, 6.45) is 0. The summed E-state index contributed by atoms with van der Waals surface area (Å²) >= 11 is 0. The molecule has 1 heterocycles. The fraction of sp³-hybridized carbons (Fsp3) is 0.263. The van der Waals surface area contributed by atoms with Crippen LogP contribution in [0.1, 0.15) is 5.56 Å². The highest BCUT2D eigenvalue weighted by molar-refractivity contribution is 5.85. The summed E-state index contributed by atoms with van der Waals surface area (Å²) < 4.78 is 19.6. The van der Waals surface area contributed by atoms with Crippen LogP contribution in [0, 0.1) is 12.7 Å². The first-order valence-corrected chi connectivity index (χ1v) is 8.02. The molecule has 0 aliphatic heterocycles. The molecule has 25 heavy (non-hydrogen) atoms. The number of halogens is 1. The molecular formula is C19H20FN3O2. The molecule has 6 heteroatoms. The van der Waals surface area contributed by atoms with Crippen LogP contribution in [0.2, 0.25) is 0 Å². The molecular weight excluding hydrogens is 321 g/mol. The third-order valence-corrected chi connectivity index (χ3v) is 3.82. The van der Waals surface area contributed by atoms with E-state index in [0.29, 0.717) is 19.0 Å². The highest BCUT2D eigenvalue weighted by Crippen LogP contribution is 2.25. The van der Waals surface area contributed by atoms with Crippen molar-refractivity contribution in [3.05, 3.63) is 58.1 Å². The third kappa shape index (κ3) is 3.85. The summed E-state index contributed by atoms with van der Waals surface area (Å²) in [6.45, 7) is 2.97. The molecule has 0 aliphatic rings. The lowest BCUT2D eigenvalue weighted by Crippen LogP contribution is -2.20. The van der Waals surface area contributed by atoms with E-state index in [1.54, 1.807) is 0 Å². The lowest BCUT2D eigenvalue weighted by molar-refractivity contribution is 0.263. The van der Waals surface area contributed by atoms with Crippen LogP contribution in [-0.2, 0) is 0 Å². The van der Waals surface area contributed by atoms with Crippen LogP contribution in [0.3, 0.4) is 0 Å². The number of nitrogens with zero attached hydrogens (tertiary/aromatic N) is 2. The van der Waals surface area contributed by atoms with Gasteiger partial charge in [0.2, 0.25) is 0 Å². The van der Waals surface area contributed by atoms with Gasteiger partial charge in [0.25, 0.3) is 5.56 Å². The number of aromatic amines is 1. The molecule has 5 nitrogen and oxygen atoms in total. The van der Waals surface area contributed by atoms with Crippen molar-refractivity contribution in [1.82, 2.24) is 14.9 Å². The van der Waals surface area contributed by atoms with E-state index in [0.717, 1.165) is 11.1 Å². The van der Waals surface area contributed by atoms with Gasteiger partial charge in [-0.1, -0.05) is 23.8 Å². The molecule has 0 amide bonds. The second-order valence-corrected chi connectivity index (χ2v) is 6.23. The average molecular weight is 341 g/mol. The monoisotopic (exact) mass is 341 g/mol. The van der Waals surface area contributed by atoms with Crippen molar-refractivity contribution in [3.8, 4) is 17.1 Å². The van der Waals surface area contributed by atoms with E-state index in [4.69, 9.17) is 4.74 Å². The Hall–Kier alpha value is -2.73. The molecule has 0 atom stereocenters. The van der Waals surface area contributed by atoms with Gasteiger partial charge in [-0.05, 0) is 27.1 Å². The van der Waals surface area contributed by atoms with E-state index in [1.807, 2.05) is 50.2 Å². The number of aryl methyl sites for hydroxylation is 1. The SMILES string of the molecule is Cc1cccc(-c2nc3cc(F)cc(OCCN(C)C)c3c(=O)[nH]2)c1. The fourth-order valence-electron chi connectivity index (χ4n) is 2.58. The van der Waals surface area contributed by atoms with E-state index >= 15 is 0 Å². The Kier molecular flexibility index (Phi) is 4.81. The smallest absolute Gasteiger partial charge is 0.262 e. The number of nitrogens with one attached hydrogen (secondary N) is 1. The number of aromatic nitrogens is 2. The maximum atomic E-state index is 14.0. The largest absolute Gasteiger partial charge is 0.491 e. The summed E-state index contributed by atoms with van der Waals surface area (Å²) in [5, 5.41) is 0.261. The van der Waals surface area contributed by atoms with Gasteiger partial charge in [0.15, 0.2) is 0 Å². The molecule has 0 radical (unpaired) electrons. The Morgan fingerprint density at radius 1 is 1.24 bits per heavy atom. The molecule has 3 aromatic rings. The van der Waals surface area contributed by atoms with E-state index in [2.05, 4.69) is 9.97 Å². The Bertz CT molecular complexity index is 967. The maximum absolute atomic E-state index is 14.0. The zero-order chi connectivity index (χ0) is 18.0. The van der Waals surface area contributed by atoms with Crippen molar-refractivity contribution in [3.63, 3.8) is 0 Å². The number of ether oxygens (including phenoxy) is 1. The Labute approximate surface area is 145 Å². The number of hydrogen-bond acceptors (Lipinski definition) is 4. The quantitative estimate of drug-likeness (QED) is 0.775. The predicted molar refractivity (Wildman–Crippen MR) is 96.5 cm³/mol. The number of likely N-dealkylation sites (N-methyl/N-ethyl adjacent to an activating group) is 1. The van der Waals surface area contributed by atoms with Gasteiger partial charge in [0.1, 0.15) is 29.4 Å². The van der Waals surface area contributed by atoms with Crippen LogP contribution in [0.15, 0.2) is 41.2 Å². The lowest BCUT2D eigenvalue weighted by atomic mass is 10.1. The number of benzene rings is 2. The van der Waals surface area contributed by atoms with Gasteiger partial charge in [0, 0.05) is 24.2 Å². The van der Waals surface area contributed by atoms with Crippen LogP contribution in [0.25, 0.3) is 22.3 Å². The summed E-state index contributed by atoms with van der Waals surface area (Å²) in [7, 11) is 3.82. The number of hydrogen-bond donors (Lipinski definition) is 1. The van der Waals surface area contributed by atoms with E-state index in [1.165, 1.54) is 12.1 Å². The highest BCUT2D eigenvalue weighted by Gasteiger charge is 2.13. The molecule has 0 saturated heterocycles. The molecule has 2 aromatic carbocycles. The second-order valence-electron chi connectivity index (χ2n) is 6.23. The minimum Gasteiger partial charge on any atom is -0.491 e. The van der Waals surface area contributed by atoms with Crippen molar-refractivity contribution in [2.75, 3.05) is 27.2 Å². The fourth-order valence-corrected chi connectivity index (χ4v) is 2.58. The van der Waals surface area contributed by atoms with Gasteiger partial charge >= 0.3 is 0 Å². The molecule has 0 bridgehead atoms. The van der Waals surface area contributed by atoms with Gasteiger partial charge in [-0.15, -0.1) is 0 Å². The van der Waals surface area contributed by atoms with Gasteiger partial charge in [-0.25, -0.2) is 9.37 Å². The van der Waals surface area contributed by atoms with Gasteiger partial charge in [-0.3, -0.25) is 4.79 Å². The zero-order valence-electron chi connectivity index (χ0n) is 14.5. The molecule has 0 unspecified atom stereocenters. The Morgan fingerprint density at radius 2 is 2.04 bits per heavy atom. The highest BCUT2D eigenvalue weighted by atomic mass is 19.1. The summed E-state index contributed by atoms with van der Waals surface area (Å²) in [4.78, 5) is 21.7. The molecule has 0 aliphatic carbocycles. The predicted octanol–water partition coefficient (Wildman–Crippen LogP) is 2.98. The van der Waals surface area contributed by atoms with E-state index in [9.17, 15) is 9.18 Å². The average Bonchev–Trinajstić information content (AvgIpc) is 2.53. The first-order chi connectivity index (χ1) is 11.9. The number of H-pyrrole nitrogens is 1. The van der Waals surface area contributed by atoms with Crippen molar-refractivity contribution < 1.29 is 9.13 Å². The minimum absolute atomic E-state index is 0.210. The van der Waals surface area contributed by atoms with Crippen LogP contribution < -0.4 is 10.3 Å². The van der Waals surface area contributed by atoms with Gasteiger partial charge in [0.05, 0.1) is 5.52 Å². The molecule has 1 aromatic heterocycles.